The number of hydrogen-bond acceptors (Lipinski definition) is 5. The van der Waals surface area contributed by atoms with Crippen molar-refractivity contribution in [3.63, 3.8) is 0 Å². The molecule has 0 radical (unpaired) electrons. The van der Waals surface area contributed by atoms with Gasteiger partial charge in [-0.05, 0) is 37.3 Å². The van der Waals surface area contributed by atoms with E-state index >= 15 is 0 Å². The zero-order valence-electron chi connectivity index (χ0n) is 15.1. The first-order valence-corrected chi connectivity index (χ1v) is 8.69. The smallest absolute Gasteiger partial charge is 0.259 e. The lowest BCUT2D eigenvalue weighted by molar-refractivity contribution is 0.101. The molecule has 140 valence electrons. The van der Waals surface area contributed by atoms with E-state index in [0.717, 1.165) is 0 Å². The highest BCUT2D eigenvalue weighted by Gasteiger charge is 2.21. The highest BCUT2D eigenvalue weighted by Crippen LogP contribution is 2.37. The topological polar surface area (TPSA) is 73.9 Å². The Balaban J connectivity index is 1.64. The number of hydrogen-bond donors (Lipinski definition) is 1. The minimum Gasteiger partial charge on any atom is -0.457 e. The van der Waals surface area contributed by atoms with Crippen molar-refractivity contribution in [1.29, 1.82) is 0 Å². The zero-order valence-corrected chi connectivity index (χ0v) is 15.1. The van der Waals surface area contributed by atoms with Gasteiger partial charge >= 0.3 is 0 Å². The molecule has 3 aromatic carbocycles. The quantitative estimate of drug-likeness (QED) is 0.657. The van der Waals surface area contributed by atoms with Gasteiger partial charge in [-0.3, -0.25) is 9.59 Å². The number of benzene rings is 3. The minimum absolute atomic E-state index is 0.0812. The molecule has 0 aromatic heterocycles. The summed E-state index contributed by atoms with van der Waals surface area (Å²) in [5, 5.41) is 2.79. The molecule has 6 nitrogen and oxygen atoms in total. The van der Waals surface area contributed by atoms with Gasteiger partial charge in [0.1, 0.15) is 11.5 Å². The molecule has 28 heavy (non-hydrogen) atoms. The Bertz CT molecular complexity index is 1050. The van der Waals surface area contributed by atoms with Gasteiger partial charge in [-0.1, -0.05) is 30.3 Å². The SMILES string of the molecule is CC(=O)c1cc2c(cc1NC(=O)c1ccccc1Oc1ccccc1)OCO2. The summed E-state index contributed by atoms with van der Waals surface area (Å²) in [6, 6.07) is 19.3. The van der Waals surface area contributed by atoms with Crippen LogP contribution < -0.4 is 19.5 Å². The number of rotatable bonds is 5. The molecule has 1 aliphatic heterocycles. The third kappa shape index (κ3) is 3.53. The summed E-state index contributed by atoms with van der Waals surface area (Å²) in [5.41, 5.74) is 1.05. The second-order valence-electron chi connectivity index (χ2n) is 6.17. The summed E-state index contributed by atoms with van der Waals surface area (Å²) >= 11 is 0. The van der Waals surface area contributed by atoms with Crippen LogP contribution >= 0.6 is 0 Å². The van der Waals surface area contributed by atoms with Crippen LogP contribution in [0.5, 0.6) is 23.0 Å². The molecule has 1 heterocycles. The maximum atomic E-state index is 12.9. The summed E-state index contributed by atoms with van der Waals surface area (Å²) in [5.74, 6) is 1.41. The normalized spacial score (nSPS) is 11.8. The predicted octanol–water partition coefficient (Wildman–Crippen LogP) is 4.66. The molecule has 0 unspecified atom stereocenters. The molecule has 3 aromatic rings. The fraction of sp³-hybridized carbons (Fsp3) is 0.0909. The van der Waals surface area contributed by atoms with E-state index in [-0.39, 0.29) is 12.6 Å². The van der Waals surface area contributed by atoms with Crippen LogP contribution in [0, 0.1) is 0 Å². The lowest BCUT2D eigenvalue weighted by atomic mass is 10.1. The number of ether oxygens (including phenoxy) is 3. The molecule has 0 atom stereocenters. The van der Waals surface area contributed by atoms with Gasteiger partial charge in [-0.25, -0.2) is 0 Å². The Hall–Kier alpha value is -3.80. The van der Waals surface area contributed by atoms with Crippen LogP contribution in [0.15, 0.2) is 66.7 Å². The number of fused-ring (bicyclic) bond motifs is 1. The molecule has 0 fully saturated rings. The molecule has 1 aliphatic rings. The Labute approximate surface area is 161 Å². The van der Waals surface area contributed by atoms with Gasteiger partial charge < -0.3 is 19.5 Å². The number of ketones is 1. The molecule has 1 amide bonds. The Kier molecular flexibility index (Phi) is 4.68. The van der Waals surface area contributed by atoms with Crippen molar-refractivity contribution >= 4 is 17.4 Å². The van der Waals surface area contributed by atoms with Crippen molar-refractivity contribution in [2.24, 2.45) is 0 Å². The van der Waals surface area contributed by atoms with Crippen LogP contribution in [-0.4, -0.2) is 18.5 Å². The molecular formula is C22H17NO5. The third-order valence-electron chi connectivity index (χ3n) is 4.24. The zero-order chi connectivity index (χ0) is 19.5. The van der Waals surface area contributed by atoms with Crippen molar-refractivity contribution in [3.05, 3.63) is 77.9 Å². The van der Waals surface area contributed by atoms with Gasteiger partial charge in [0.25, 0.3) is 5.91 Å². The third-order valence-corrected chi connectivity index (χ3v) is 4.24. The number of carbonyl (C=O) groups excluding carboxylic acids is 2. The van der Waals surface area contributed by atoms with Gasteiger partial charge in [-0.15, -0.1) is 0 Å². The largest absolute Gasteiger partial charge is 0.457 e. The molecule has 0 saturated carbocycles. The summed E-state index contributed by atoms with van der Waals surface area (Å²) in [7, 11) is 0. The van der Waals surface area contributed by atoms with Gasteiger partial charge in [0.05, 0.1) is 11.3 Å². The van der Waals surface area contributed by atoms with E-state index in [1.165, 1.54) is 6.92 Å². The highest BCUT2D eigenvalue weighted by molar-refractivity contribution is 6.10. The minimum atomic E-state index is -0.395. The number of nitrogens with one attached hydrogen (secondary N) is 1. The van der Waals surface area contributed by atoms with Crippen LogP contribution in [0.3, 0.4) is 0 Å². The van der Waals surface area contributed by atoms with Gasteiger partial charge in [-0.2, -0.15) is 0 Å². The van der Waals surface area contributed by atoms with Gasteiger partial charge in [0, 0.05) is 11.6 Å². The standard InChI is InChI=1S/C22H17NO5/c1-14(24)17-11-20-21(27-13-26-20)12-18(17)23-22(25)16-9-5-6-10-19(16)28-15-7-3-2-4-8-15/h2-12H,13H2,1H3,(H,23,25). The summed E-state index contributed by atoms with van der Waals surface area (Å²) < 4.78 is 16.5. The average molecular weight is 375 g/mol. The van der Waals surface area contributed by atoms with E-state index in [4.69, 9.17) is 14.2 Å². The van der Waals surface area contributed by atoms with Crippen molar-refractivity contribution in [2.75, 3.05) is 12.1 Å². The van der Waals surface area contributed by atoms with Crippen molar-refractivity contribution in [3.8, 4) is 23.0 Å². The van der Waals surface area contributed by atoms with E-state index in [0.29, 0.717) is 39.8 Å². The summed E-state index contributed by atoms with van der Waals surface area (Å²) in [6.07, 6.45) is 0. The first-order valence-electron chi connectivity index (χ1n) is 8.69. The van der Waals surface area contributed by atoms with Crippen molar-refractivity contribution in [2.45, 2.75) is 6.92 Å². The molecule has 0 saturated heterocycles. The van der Waals surface area contributed by atoms with Gasteiger partial charge in [0.15, 0.2) is 17.3 Å². The van der Waals surface area contributed by atoms with E-state index in [2.05, 4.69) is 5.32 Å². The molecule has 6 heteroatoms. The Morgan fingerprint density at radius 2 is 1.57 bits per heavy atom. The number of para-hydroxylation sites is 2. The predicted molar refractivity (Wildman–Crippen MR) is 103 cm³/mol. The molecule has 0 bridgehead atoms. The summed E-state index contributed by atoms with van der Waals surface area (Å²) in [6.45, 7) is 1.51. The van der Waals surface area contributed by atoms with Crippen LogP contribution in [0.4, 0.5) is 5.69 Å². The van der Waals surface area contributed by atoms with Crippen molar-refractivity contribution in [1.82, 2.24) is 0 Å². The van der Waals surface area contributed by atoms with Crippen LogP contribution in [0.25, 0.3) is 0 Å². The second kappa shape index (κ2) is 7.44. The van der Waals surface area contributed by atoms with E-state index in [9.17, 15) is 9.59 Å². The molecule has 0 aliphatic carbocycles. The van der Waals surface area contributed by atoms with E-state index in [1.54, 1.807) is 48.5 Å². The number of carbonyl (C=O) groups is 2. The van der Waals surface area contributed by atoms with Crippen LogP contribution in [0.1, 0.15) is 27.6 Å². The maximum Gasteiger partial charge on any atom is 0.259 e. The van der Waals surface area contributed by atoms with Gasteiger partial charge in [0.2, 0.25) is 6.79 Å². The summed E-state index contributed by atoms with van der Waals surface area (Å²) in [4.78, 5) is 24.9. The molecule has 0 spiro atoms. The lowest BCUT2D eigenvalue weighted by Crippen LogP contribution is -2.15. The first kappa shape index (κ1) is 17.6. The fourth-order valence-electron chi connectivity index (χ4n) is 2.89. The first-order chi connectivity index (χ1) is 13.6. The van der Waals surface area contributed by atoms with Crippen molar-refractivity contribution < 1.29 is 23.8 Å². The highest BCUT2D eigenvalue weighted by atomic mass is 16.7. The van der Waals surface area contributed by atoms with E-state index < -0.39 is 5.91 Å². The molecule has 4 rings (SSSR count). The number of Topliss-reactive ketones (excluding diaryl/α,β-unsaturated/α-hetero) is 1. The second-order valence-corrected chi connectivity index (χ2v) is 6.17. The Morgan fingerprint density at radius 3 is 2.32 bits per heavy atom. The van der Waals surface area contributed by atoms with E-state index in [1.807, 2.05) is 18.2 Å². The lowest BCUT2D eigenvalue weighted by Gasteiger charge is -2.13. The monoisotopic (exact) mass is 375 g/mol. The number of anilines is 1. The van der Waals surface area contributed by atoms with Crippen LogP contribution in [0.2, 0.25) is 0 Å². The molecule has 1 N–H and O–H groups in total. The van der Waals surface area contributed by atoms with Crippen LogP contribution in [-0.2, 0) is 0 Å². The fourth-order valence-corrected chi connectivity index (χ4v) is 2.89. The maximum absolute atomic E-state index is 12.9. The Morgan fingerprint density at radius 1 is 0.893 bits per heavy atom. The number of amides is 1. The average Bonchev–Trinajstić information content (AvgIpc) is 3.16. The molecular weight excluding hydrogens is 358 g/mol.